The van der Waals surface area contributed by atoms with E-state index in [9.17, 15) is 22.4 Å². The lowest BCUT2D eigenvalue weighted by Gasteiger charge is -2.20. The van der Waals surface area contributed by atoms with E-state index in [0.717, 1.165) is 9.87 Å². The fourth-order valence-electron chi connectivity index (χ4n) is 2.86. The third-order valence-electron chi connectivity index (χ3n) is 4.50. The number of likely N-dealkylation sites (N-methyl/N-ethyl adjacent to an activating group) is 1. The average molecular weight is 405 g/mol. The third kappa shape index (κ3) is 4.20. The van der Waals surface area contributed by atoms with Crippen LogP contribution in [0.1, 0.15) is 17.5 Å². The Balaban J connectivity index is 1.72. The molecular weight excluding hydrogens is 385 g/mol. The summed E-state index contributed by atoms with van der Waals surface area (Å²) in [6.45, 7) is 1.18. The predicted molar refractivity (Wildman–Crippen MR) is 103 cm³/mol. The van der Waals surface area contributed by atoms with Gasteiger partial charge in [0, 0.05) is 24.8 Å². The van der Waals surface area contributed by atoms with Gasteiger partial charge in [-0.05, 0) is 54.8 Å². The molecule has 2 aromatic rings. The number of fused-ring (bicyclic) bond motifs is 1. The second-order valence-electron chi connectivity index (χ2n) is 6.64. The highest BCUT2D eigenvalue weighted by molar-refractivity contribution is 7.89. The fraction of sp³-hybridized carbons (Fsp3) is 0.263. The molecule has 0 atom stereocenters. The van der Waals surface area contributed by atoms with Gasteiger partial charge >= 0.3 is 0 Å². The first-order chi connectivity index (χ1) is 13.2. The highest BCUT2D eigenvalue weighted by Crippen LogP contribution is 2.26. The third-order valence-corrected chi connectivity index (χ3v) is 6.30. The van der Waals surface area contributed by atoms with Crippen molar-refractivity contribution in [2.75, 3.05) is 24.2 Å². The summed E-state index contributed by atoms with van der Waals surface area (Å²) >= 11 is 0. The molecule has 3 rings (SSSR count). The van der Waals surface area contributed by atoms with E-state index in [1.165, 1.54) is 31.3 Å². The molecule has 0 saturated carbocycles. The normalized spacial score (nSPS) is 13.8. The zero-order chi connectivity index (χ0) is 20.5. The van der Waals surface area contributed by atoms with Gasteiger partial charge < -0.3 is 10.6 Å². The lowest BCUT2D eigenvalue weighted by Crippen LogP contribution is -2.35. The summed E-state index contributed by atoms with van der Waals surface area (Å²) in [7, 11) is -2.61. The highest BCUT2D eigenvalue weighted by atomic mass is 32.2. The van der Waals surface area contributed by atoms with Crippen molar-refractivity contribution in [1.29, 1.82) is 0 Å². The van der Waals surface area contributed by atoms with E-state index in [1.807, 2.05) is 0 Å². The predicted octanol–water partition coefficient (Wildman–Crippen LogP) is 2.28. The molecule has 2 aromatic carbocycles. The number of rotatable bonds is 5. The van der Waals surface area contributed by atoms with E-state index < -0.39 is 28.3 Å². The molecule has 2 N–H and O–H groups in total. The molecule has 0 unspecified atom stereocenters. The van der Waals surface area contributed by atoms with Crippen LogP contribution in [0.3, 0.4) is 0 Å². The molecule has 0 spiro atoms. The number of hydrogen-bond acceptors (Lipinski definition) is 4. The molecule has 148 valence electrons. The highest BCUT2D eigenvalue weighted by Gasteiger charge is 2.25. The standard InChI is InChI=1S/C19H20FN3O4S/c1-12-3-5-14(10-16(12)20)21-19(25)11-23(2)28(26,27)15-6-7-17-13(9-15)4-8-18(24)22-17/h3,5-7,9-10H,4,8,11H2,1-2H3,(H,21,25)(H,22,24). The Hall–Kier alpha value is -2.78. The molecule has 0 aliphatic carbocycles. The number of benzene rings is 2. The number of carbonyl (C=O) groups excluding carboxylic acids is 2. The number of nitrogens with one attached hydrogen (secondary N) is 2. The molecule has 9 heteroatoms. The summed E-state index contributed by atoms with van der Waals surface area (Å²) in [5.74, 6) is -1.15. The largest absolute Gasteiger partial charge is 0.326 e. The molecule has 1 aliphatic rings. The summed E-state index contributed by atoms with van der Waals surface area (Å²) in [5, 5.41) is 5.18. The van der Waals surface area contributed by atoms with Crippen LogP contribution >= 0.6 is 0 Å². The lowest BCUT2D eigenvalue weighted by atomic mass is 10.0. The van der Waals surface area contributed by atoms with Crippen molar-refractivity contribution in [3.63, 3.8) is 0 Å². The summed E-state index contributed by atoms with van der Waals surface area (Å²) in [4.78, 5) is 23.6. The topological polar surface area (TPSA) is 95.6 Å². The van der Waals surface area contributed by atoms with Crippen molar-refractivity contribution in [2.45, 2.75) is 24.7 Å². The number of halogens is 1. The molecule has 0 fully saturated rings. The van der Waals surface area contributed by atoms with Gasteiger partial charge in [-0.2, -0.15) is 4.31 Å². The van der Waals surface area contributed by atoms with Crippen LogP contribution in [0.15, 0.2) is 41.3 Å². The molecule has 28 heavy (non-hydrogen) atoms. The van der Waals surface area contributed by atoms with Crippen LogP contribution in [0.4, 0.5) is 15.8 Å². The van der Waals surface area contributed by atoms with Gasteiger partial charge in [-0.3, -0.25) is 9.59 Å². The molecular formula is C19H20FN3O4S. The van der Waals surface area contributed by atoms with Gasteiger partial charge in [0.25, 0.3) is 0 Å². The van der Waals surface area contributed by atoms with Crippen LogP contribution in [0, 0.1) is 12.7 Å². The first-order valence-electron chi connectivity index (χ1n) is 8.62. The molecule has 2 amide bonds. The van der Waals surface area contributed by atoms with Crippen LogP contribution in [0.25, 0.3) is 0 Å². The molecule has 0 saturated heterocycles. The first kappa shape index (κ1) is 20.0. The summed E-state index contributed by atoms with van der Waals surface area (Å²) in [6.07, 6.45) is 0.746. The number of aryl methyl sites for hydroxylation is 2. The number of hydrogen-bond donors (Lipinski definition) is 2. The zero-order valence-corrected chi connectivity index (χ0v) is 16.3. The molecule has 0 bridgehead atoms. The first-order valence-corrected chi connectivity index (χ1v) is 10.1. The second kappa shape index (κ2) is 7.69. The number of amides is 2. The van der Waals surface area contributed by atoms with Gasteiger partial charge in [0.1, 0.15) is 5.82 Å². The minimum absolute atomic E-state index is 0.0408. The van der Waals surface area contributed by atoms with Crippen LogP contribution in [0.5, 0.6) is 0 Å². The van der Waals surface area contributed by atoms with Crippen molar-refractivity contribution >= 4 is 33.2 Å². The van der Waals surface area contributed by atoms with Crippen molar-refractivity contribution in [1.82, 2.24) is 4.31 Å². The fourth-order valence-corrected chi connectivity index (χ4v) is 4.04. The van der Waals surface area contributed by atoms with Crippen molar-refractivity contribution in [3.05, 3.63) is 53.3 Å². The van der Waals surface area contributed by atoms with Crippen molar-refractivity contribution < 1.29 is 22.4 Å². The van der Waals surface area contributed by atoms with Crippen LogP contribution in [-0.2, 0) is 26.0 Å². The van der Waals surface area contributed by atoms with Crippen LogP contribution in [0.2, 0.25) is 0 Å². The minimum Gasteiger partial charge on any atom is -0.326 e. The van der Waals surface area contributed by atoms with E-state index in [1.54, 1.807) is 19.1 Å². The summed E-state index contributed by atoms with van der Waals surface area (Å²) < 4.78 is 40.0. The quantitative estimate of drug-likeness (QED) is 0.798. The van der Waals surface area contributed by atoms with Crippen LogP contribution < -0.4 is 10.6 Å². The molecule has 7 nitrogen and oxygen atoms in total. The van der Waals surface area contributed by atoms with Gasteiger partial charge in [0.2, 0.25) is 21.8 Å². The average Bonchev–Trinajstić information content (AvgIpc) is 2.64. The number of anilines is 2. The van der Waals surface area contributed by atoms with Gasteiger partial charge in [-0.1, -0.05) is 6.07 Å². The Labute approximate surface area is 162 Å². The van der Waals surface area contributed by atoms with Crippen LogP contribution in [-0.4, -0.2) is 38.1 Å². The Morgan fingerprint density at radius 1 is 1.21 bits per heavy atom. The molecule has 0 radical (unpaired) electrons. The Kier molecular flexibility index (Phi) is 5.48. The molecule has 1 heterocycles. The van der Waals surface area contributed by atoms with E-state index in [4.69, 9.17) is 0 Å². The summed E-state index contributed by atoms with van der Waals surface area (Å²) in [5.41, 5.74) is 2.02. The number of nitrogens with zero attached hydrogens (tertiary/aromatic N) is 1. The van der Waals surface area contributed by atoms with Gasteiger partial charge in [0.05, 0.1) is 11.4 Å². The zero-order valence-electron chi connectivity index (χ0n) is 15.5. The Morgan fingerprint density at radius 2 is 1.96 bits per heavy atom. The smallest absolute Gasteiger partial charge is 0.243 e. The SMILES string of the molecule is Cc1ccc(NC(=O)CN(C)S(=O)(=O)c2ccc3c(c2)CCC(=O)N3)cc1F. The number of sulfonamides is 1. The van der Waals surface area contributed by atoms with Gasteiger partial charge in [0.15, 0.2) is 0 Å². The maximum atomic E-state index is 13.6. The second-order valence-corrected chi connectivity index (χ2v) is 8.69. The lowest BCUT2D eigenvalue weighted by molar-refractivity contribution is -0.117. The molecule has 0 aromatic heterocycles. The van der Waals surface area contributed by atoms with E-state index in [0.29, 0.717) is 24.1 Å². The Morgan fingerprint density at radius 3 is 2.68 bits per heavy atom. The summed E-state index contributed by atoms with van der Waals surface area (Å²) in [6, 6.07) is 8.69. The van der Waals surface area contributed by atoms with E-state index in [-0.39, 0.29) is 16.5 Å². The monoisotopic (exact) mass is 405 g/mol. The minimum atomic E-state index is -3.90. The van der Waals surface area contributed by atoms with Crippen molar-refractivity contribution in [2.24, 2.45) is 0 Å². The van der Waals surface area contributed by atoms with E-state index in [2.05, 4.69) is 10.6 Å². The van der Waals surface area contributed by atoms with Gasteiger partial charge in [-0.15, -0.1) is 0 Å². The number of carbonyl (C=O) groups is 2. The van der Waals surface area contributed by atoms with E-state index >= 15 is 0 Å². The maximum absolute atomic E-state index is 13.6. The van der Waals surface area contributed by atoms with Crippen molar-refractivity contribution in [3.8, 4) is 0 Å². The maximum Gasteiger partial charge on any atom is 0.243 e. The Bertz CT molecular complexity index is 1050. The van der Waals surface area contributed by atoms with Gasteiger partial charge in [-0.25, -0.2) is 12.8 Å². The molecule has 1 aliphatic heterocycles.